The van der Waals surface area contributed by atoms with Crippen molar-refractivity contribution in [3.63, 3.8) is 0 Å². The Bertz CT molecular complexity index is 509. The predicted octanol–water partition coefficient (Wildman–Crippen LogP) is 0.111. The highest BCUT2D eigenvalue weighted by Gasteiger charge is 2.14. The molecule has 0 aliphatic heterocycles. The molecule has 0 aromatic carbocycles. The third-order valence-corrected chi connectivity index (χ3v) is 4.42. The fourth-order valence-corrected chi connectivity index (χ4v) is 2.47. The van der Waals surface area contributed by atoms with Crippen molar-refractivity contribution >= 4 is 32.5 Å². The summed E-state index contributed by atoms with van der Waals surface area (Å²) in [6.07, 6.45) is 0. The van der Waals surface area contributed by atoms with Crippen LogP contribution >= 0.6 is 11.3 Å². The van der Waals surface area contributed by atoms with E-state index in [4.69, 9.17) is 5.11 Å². The van der Waals surface area contributed by atoms with Gasteiger partial charge in [0.25, 0.3) is 0 Å². The Labute approximate surface area is 103 Å². The average molecular weight is 279 g/mol. The quantitative estimate of drug-likeness (QED) is 0.682. The molecule has 3 N–H and O–H groups in total. The van der Waals surface area contributed by atoms with Crippen molar-refractivity contribution in [3.8, 4) is 0 Å². The largest absolute Gasteiger partial charge is 0.477 e. The number of carboxylic acids is 1. The molecule has 1 aromatic heterocycles. The number of sulfonamides is 1. The van der Waals surface area contributed by atoms with Gasteiger partial charge in [-0.15, -0.1) is 0 Å². The Morgan fingerprint density at radius 2 is 2.18 bits per heavy atom. The minimum atomic E-state index is -3.26. The molecule has 0 saturated heterocycles. The van der Waals surface area contributed by atoms with Crippen LogP contribution in [0, 0.1) is 6.92 Å². The van der Waals surface area contributed by atoms with Crippen LogP contribution in [0.15, 0.2) is 0 Å². The van der Waals surface area contributed by atoms with Crippen LogP contribution in [-0.2, 0) is 10.0 Å². The predicted molar refractivity (Wildman–Crippen MR) is 65.1 cm³/mol. The van der Waals surface area contributed by atoms with Crippen molar-refractivity contribution in [1.29, 1.82) is 0 Å². The zero-order chi connectivity index (χ0) is 13.1. The first kappa shape index (κ1) is 13.9. The summed E-state index contributed by atoms with van der Waals surface area (Å²) in [6.45, 7) is 1.77. The van der Waals surface area contributed by atoms with Gasteiger partial charge in [-0.2, -0.15) is 0 Å². The maximum absolute atomic E-state index is 11.1. The lowest BCUT2D eigenvalue weighted by Gasteiger charge is -2.02. The number of rotatable bonds is 6. The molecule has 17 heavy (non-hydrogen) atoms. The smallest absolute Gasteiger partial charge is 0.347 e. The molecule has 0 amide bonds. The lowest BCUT2D eigenvalue weighted by molar-refractivity contribution is 0.0701. The van der Waals surface area contributed by atoms with Crippen LogP contribution in [0.3, 0.4) is 0 Å². The molecule has 0 unspecified atom stereocenters. The fourth-order valence-electron chi connectivity index (χ4n) is 1.06. The van der Waals surface area contributed by atoms with E-state index in [1.54, 1.807) is 6.92 Å². The molecule has 1 heterocycles. The first-order chi connectivity index (χ1) is 7.85. The summed E-state index contributed by atoms with van der Waals surface area (Å²) in [5, 5.41) is 12.0. The first-order valence-electron chi connectivity index (χ1n) is 4.71. The second-order valence-electron chi connectivity index (χ2n) is 3.19. The topological polar surface area (TPSA) is 108 Å². The number of aryl methyl sites for hydroxylation is 1. The maximum atomic E-state index is 11.1. The average Bonchev–Trinajstić information content (AvgIpc) is 2.59. The maximum Gasteiger partial charge on any atom is 0.347 e. The number of aromatic nitrogens is 1. The van der Waals surface area contributed by atoms with E-state index in [-0.39, 0.29) is 17.2 Å². The van der Waals surface area contributed by atoms with Gasteiger partial charge in [0.15, 0.2) is 5.13 Å². The molecule has 7 nitrogen and oxygen atoms in total. The molecule has 0 saturated carbocycles. The van der Waals surface area contributed by atoms with E-state index in [2.05, 4.69) is 15.0 Å². The van der Waals surface area contributed by atoms with Crippen LogP contribution in [0.1, 0.15) is 15.4 Å². The van der Waals surface area contributed by atoms with Crippen molar-refractivity contribution in [3.05, 3.63) is 10.6 Å². The SMILES string of the molecule is CNS(=O)(=O)CCNc1nc(C)c(C(=O)O)s1. The molecule has 1 rings (SSSR count). The highest BCUT2D eigenvalue weighted by atomic mass is 32.2. The lowest BCUT2D eigenvalue weighted by atomic mass is 10.4. The number of nitrogens with one attached hydrogen (secondary N) is 2. The van der Waals surface area contributed by atoms with Gasteiger partial charge >= 0.3 is 5.97 Å². The Kier molecular flexibility index (Phi) is 4.43. The van der Waals surface area contributed by atoms with E-state index in [1.807, 2.05) is 0 Å². The molecule has 1 aromatic rings. The van der Waals surface area contributed by atoms with Crippen molar-refractivity contribution in [2.45, 2.75) is 6.92 Å². The normalized spacial score (nSPS) is 11.4. The molecule has 9 heteroatoms. The van der Waals surface area contributed by atoms with E-state index in [0.29, 0.717) is 10.8 Å². The van der Waals surface area contributed by atoms with Gasteiger partial charge in [0.1, 0.15) is 4.88 Å². The molecular formula is C8H13N3O4S2. The Hall–Kier alpha value is -1.19. The van der Waals surface area contributed by atoms with E-state index < -0.39 is 16.0 Å². The Morgan fingerprint density at radius 3 is 2.65 bits per heavy atom. The van der Waals surface area contributed by atoms with Crippen LogP contribution in [-0.4, -0.2) is 43.8 Å². The van der Waals surface area contributed by atoms with Gasteiger partial charge in [0.2, 0.25) is 10.0 Å². The summed E-state index contributed by atoms with van der Waals surface area (Å²) < 4.78 is 24.4. The molecule has 0 spiro atoms. The monoisotopic (exact) mass is 279 g/mol. The summed E-state index contributed by atoms with van der Waals surface area (Å²) in [5.41, 5.74) is 0.418. The molecular weight excluding hydrogens is 266 g/mol. The number of carboxylic acid groups (broad SMARTS) is 1. The van der Waals surface area contributed by atoms with Gasteiger partial charge in [-0.25, -0.2) is 22.9 Å². The van der Waals surface area contributed by atoms with Gasteiger partial charge in [-0.1, -0.05) is 11.3 Å². The minimum absolute atomic E-state index is 0.0927. The number of hydrogen-bond acceptors (Lipinski definition) is 6. The number of carbonyl (C=O) groups is 1. The van der Waals surface area contributed by atoms with E-state index in [1.165, 1.54) is 7.05 Å². The van der Waals surface area contributed by atoms with Crippen LogP contribution < -0.4 is 10.0 Å². The van der Waals surface area contributed by atoms with Crippen molar-refractivity contribution in [2.24, 2.45) is 0 Å². The fraction of sp³-hybridized carbons (Fsp3) is 0.500. The summed E-state index contributed by atoms with van der Waals surface area (Å²) in [4.78, 5) is 14.9. The number of hydrogen-bond donors (Lipinski definition) is 3. The molecule has 0 bridgehead atoms. The van der Waals surface area contributed by atoms with Crippen LogP contribution in [0.25, 0.3) is 0 Å². The zero-order valence-corrected chi connectivity index (χ0v) is 11.0. The molecule has 0 fully saturated rings. The van der Waals surface area contributed by atoms with Crippen molar-refractivity contribution in [1.82, 2.24) is 9.71 Å². The van der Waals surface area contributed by atoms with Gasteiger partial charge < -0.3 is 10.4 Å². The van der Waals surface area contributed by atoms with Gasteiger partial charge in [0.05, 0.1) is 11.4 Å². The van der Waals surface area contributed by atoms with Crippen LogP contribution in [0.4, 0.5) is 5.13 Å². The molecule has 0 aliphatic rings. The molecule has 0 atom stereocenters. The summed E-state index contributed by atoms with van der Waals surface area (Å²) in [6, 6.07) is 0. The number of aromatic carboxylic acids is 1. The van der Waals surface area contributed by atoms with Crippen molar-refractivity contribution < 1.29 is 18.3 Å². The van der Waals surface area contributed by atoms with Gasteiger partial charge in [-0.3, -0.25) is 0 Å². The third kappa shape index (κ3) is 3.95. The highest BCUT2D eigenvalue weighted by molar-refractivity contribution is 7.89. The Balaban J connectivity index is 2.59. The number of anilines is 1. The van der Waals surface area contributed by atoms with Gasteiger partial charge in [-0.05, 0) is 14.0 Å². The van der Waals surface area contributed by atoms with Crippen LogP contribution in [0.5, 0.6) is 0 Å². The summed E-state index contributed by atoms with van der Waals surface area (Å²) in [5.74, 6) is -1.12. The van der Waals surface area contributed by atoms with E-state index in [0.717, 1.165) is 11.3 Å². The highest BCUT2D eigenvalue weighted by Crippen LogP contribution is 2.21. The second kappa shape index (κ2) is 5.43. The number of thiazole rings is 1. The van der Waals surface area contributed by atoms with Crippen LogP contribution in [0.2, 0.25) is 0 Å². The van der Waals surface area contributed by atoms with E-state index >= 15 is 0 Å². The standard InChI is InChI=1S/C8H13N3O4S2/c1-5-6(7(12)13)16-8(11-5)10-3-4-17(14,15)9-2/h9H,3-4H2,1-2H3,(H,10,11)(H,12,13). The second-order valence-corrected chi connectivity index (χ2v) is 6.23. The molecule has 0 aliphatic carbocycles. The first-order valence-corrected chi connectivity index (χ1v) is 7.18. The molecule has 0 radical (unpaired) electrons. The molecule has 96 valence electrons. The minimum Gasteiger partial charge on any atom is -0.477 e. The summed E-state index contributed by atoms with van der Waals surface area (Å²) >= 11 is 0.989. The third-order valence-electron chi connectivity index (χ3n) is 1.95. The lowest BCUT2D eigenvalue weighted by Crippen LogP contribution is -2.26. The number of nitrogens with zero attached hydrogens (tertiary/aromatic N) is 1. The van der Waals surface area contributed by atoms with Crippen molar-refractivity contribution in [2.75, 3.05) is 24.7 Å². The summed E-state index contributed by atoms with van der Waals surface area (Å²) in [7, 11) is -1.92. The van der Waals surface area contributed by atoms with E-state index in [9.17, 15) is 13.2 Å². The Morgan fingerprint density at radius 1 is 1.53 bits per heavy atom. The van der Waals surface area contributed by atoms with Gasteiger partial charge in [0, 0.05) is 6.54 Å². The zero-order valence-electron chi connectivity index (χ0n) is 9.35.